The van der Waals surface area contributed by atoms with Crippen molar-refractivity contribution >= 4 is 17.1 Å². The van der Waals surface area contributed by atoms with Gasteiger partial charge in [0.25, 0.3) is 11.5 Å². The van der Waals surface area contributed by atoms with Crippen LogP contribution in [0, 0.1) is 0 Å². The number of rotatable bonds is 3. The molecule has 1 saturated heterocycles. The molecule has 0 radical (unpaired) electrons. The van der Waals surface area contributed by atoms with Crippen LogP contribution < -0.4 is 15.9 Å². The molecule has 1 aliphatic heterocycles. The Morgan fingerprint density at radius 3 is 3.00 bits per heavy atom. The number of nitrogens with zero attached hydrogens (tertiary/aromatic N) is 3. The molecule has 0 amide bonds. The van der Waals surface area contributed by atoms with E-state index < -0.39 is 24.5 Å². The van der Waals surface area contributed by atoms with Crippen LogP contribution in [0.25, 0.3) is 11.2 Å². The Hall–Kier alpha value is -2.01. The lowest BCUT2D eigenvalue weighted by atomic mass is 10.1. The van der Waals surface area contributed by atoms with Crippen LogP contribution in [0.1, 0.15) is 6.23 Å². The number of aliphatic hydroxyl groups is 2. The van der Waals surface area contributed by atoms with E-state index in [-0.39, 0.29) is 18.1 Å². The van der Waals surface area contributed by atoms with E-state index in [4.69, 9.17) is 15.2 Å². The number of fused-ring (bicyclic) bond motifs is 1. The minimum Gasteiger partial charge on any atom is -0.394 e. The van der Waals surface area contributed by atoms with Crippen molar-refractivity contribution in [2.75, 3.05) is 19.5 Å². The molecule has 1 aliphatic rings. The zero-order chi connectivity index (χ0) is 16.0. The average Bonchev–Trinajstić information content (AvgIpc) is 2.96. The lowest BCUT2D eigenvalue weighted by molar-refractivity contribution is -0.746. The summed E-state index contributed by atoms with van der Waals surface area (Å²) in [6.45, 7) is -0.348. The van der Waals surface area contributed by atoms with Gasteiger partial charge in [-0.2, -0.15) is 0 Å². The number of H-pyrrole nitrogens is 1. The fraction of sp³-hybridized carbons (Fsp3) is 0.583. The highest BCUT2D eigenvalue weighted by atomic mass is 16.6. The summed E-state index contributed by atoms with van der Waals surface area (Å²) in [7, 11) is 3.12. The second kappa shape index (κ2) is 5.32. The maximum atomic E-state index is 12.0. The number of aromatic nitrogens is 4. The highest BCUT2D eigenvalue weighted by molar-refractivity contribution is 5.67. The number of ether oxygens (including phenoxy) is 2. The van der Waals surface area contributed by atoms with Crippen molar-refractivity contribution in [3.63, 3.8) is 0 Å². The van der Waals surface area contributed by atoms with E-state index in [9.17, 15) is 15.0 Å². The molecule has 0 aliphatic carbocycles. The van der Waals surface area contributed by atoms with E-state index in [1.165, 1.54) is 7.11 Å². The number of aromatic amines is 1. The summed E-state index contributed by atoms with van der Waals surface area (Å²) in [6.07, 6.45) is -1.63. The molecule has 2 aromatic heterocycles. The van der Waals surface area contributed by atoms with E-state index in [1.807, 2.05) is 0 Å². The Morgan fingerprint density at radius 1 is 1.64 bits per heavy atom. The SMILES string of the molecule is COC1C(O)C(CO)OC1[n+]1cn(C)c2c(=O)[nH]c(N)nc21. The molecule has 22 heavy (non-hydrogen) atoms. The molecule has 3 rings (SSSR count). The van der Waals surface area contributed by atoms with Gasteiger partial charge in [0.1, 0.15) is 18.3 Å². The largest absolute Gasteiger partial charge is 0.394 e. The summed E-state index contributed by atoms with van der Waals surface area (Å²) >= 11 is 0. The van der Waals surface area contributed by atoms with Crippen LogP contribution >= 0.6 is 0 Å². The van der Waals surface area contributed by atoms with Crippen molar-refractivity contribution in [1.29, 1.82) is 0 Å². The van der Waals surface area contributed by atoms with Crippen LogP contribution in [0.4, 0.5) is 5.95 Å². The highest BCUT2D eigenvalue weighted by Gasteiger charge is 2.47. The van der Waals surface area contributed by atoms with Crippen LogP contribution in [-0.4, -0.2) is 56.8 Å². The highest BCUT2D eigenvalue weighted by Crippen LogP contribution is 2.28. The minimum absolute atomic E-state index is 0.0244. The molecule has 10 nitrogen and oxygen atoms in total. The lowest BCUT2D eigenvalue weighted by Gasteiger charge is -2.16. The maximum Gasteiger partial charge on any atom is 0.313 e. The Balaban J connectivity index is 2.16. The van der Waals surface area contributed by atoms with Crippen LogP contribution in [0.15, 0.2) is 11.1 Å². The van der Waals surface area contributed by atoms with E-state index >= 15 is 0 Å². The van der Waals surface area contributed by atoms with E-state index in [0.717, 1.165) is 0 Å². The molecule has 0 saturated carbocycles. The second-order valence-electron chi connectivity index (χ2n) is 5.20. The number of aryl methyl sites for hydroxylation is 1. The number of aliphatic hydroxyl groups excluding tert-OH is 2. The van der Waals surface area contributed by atoms with E-state index in [2.05, 4.69) is 9.97 Å². The molecule has 120 valence electrons. The third-order valence-corrected chi connectivity index (χ3v) is 3.83. The number of nitrogens with one attached hydrogen (secondary N) is 1. The topological polar surface area (TPSA) is 140 Å². The van der Waals surface area contributed by atoms with Crippen molar-refractivity contribution in [3.05, 3.63) is 16.7 Å². The maximum absolute atomic E-state index is 12.0. The van der Waals surface area contributed by atoms with Gasteiger partial charge in [-0.25, -0.2) is 4.57 Å². The van der Waals surface area contributed by atoms with Gasteiger partial charge in [0, 0.05) is 7.11 Å². The summed E-state index contributed by atoms with van der Waals surface area (Å²) in [5.74, 6) is -0.0244. The van der Waals surface area contributed by atoms with Gasteiger partial charge in [-0.3, -0.25) is 14.3 Å². The van der Waals surface area contributed by atoms with Gasteiger partial charge in [0.05, 0.1) is 13.7 Å². The van der Waals surface area contributed by atoms with Crippen LogP contribution in [0.2, 0.25) is 0 Å². The van der Waals surface area contributed by atoms with Crippen LogP contribution in [0.5, 0.6) is 0 Å². The number of anilines is 1. The number of hydrogen-bond acceptors (Lipinski definition) is 7. The Morgan fingerprint density at radius 2 is 2.36 bits per heavy atom. The summed E-state index contributed by atoms with van der Waals surface area (Å²) in [4.78, 5) is 18.6. The molecule has 0 aromatic carbocycles. The molecular weight excluding hydrogens is 294 g/mol. The lowest BCUT2D eigenvalue weighted by Crippen LogP contribution is -2.47. The van der Waals surface area contributed by atoms with Gasteiger partial charge in [0.15, 0.2) is 6.33 Å². The number of imidazole rings is 1. The molecule has 0 bridgehead atoms. The fourth-order valence-electron chi connectivity index (χ4n) is 2.80. The Labute approximate surface area is 124 Å². The summed E-state index contributed by atoms with van der Waals surface area (Å²) in [5, 5.41) is 19.4. The van der Waals surface area contributed by atoms with Gasteiger partial charge >= 0.3 is 5.65 Å². The average molecular weight is 312 g/mol. The van der Waals surface area contributed by atoms with Gasteiger partial charge in [-0.15, -0.1) is 0 Å². The molecule has 4 atom stereocenters. The Kier molecular flexibility index (Phi) is 3.60. The summed E-state index contributed by atoms with van der Waals surface area (Å²) in [6, 6.07) is 0. The van der Waals surface area contributed by atoms with Gasteiger partial charge < -0.3 is 25.4 Å². The standard InChI is InChI=1S/C12H17N5O5/c1-16-4-17(9-6(16)10(20)15-12(13)14-9)11-8(21-2)7(19)5(3-18)22-11/h4-5,7-8,11,18-19H,3H2,1-2H3,(H2-,13,14,15,20)/p+1. The van der Waals surface area contributed by atoms with Crippen molar-refractivity contribution in [2.24, 2.45) is 7.05 Å². The van der Waals surface area contributed by atoms with Gasteiger partial charge in [0.2, 0.25) is 11.7 Å². The predicted octanol–water partition coefficient (Wildman–Crippen LogP) is -2.60. The molecule has 4 unspecified atom stereocenters. The number of hydrogen-bond donors (Lipinski definition) is 4. The molecule has 0 spiro atoms. The molecule has 5 N–H and O–H groups in total. The first-order chi connectivity index (χ1) is 10.5. The van der Waals surface area contributed by atoms with E-state index in [1.54, 1.807) is 22.5 Å². The minimum atomic E-state index is -0.998. The monoisotopic (exact) mass is 312 g/mol. The Bertz CT molecular complexity index is 756. The quantitative estimate of drug-likeness (QED) is 0.455. The third kappa shape index (κ3) is 2.08. The van der Waals surface area contributed by atoms with Crippen LogP contribution in [-0.2, 0) is 16.5 Å². The second-order valence-corrected chi connectivity index (χ2v) is 5.20. The molecule has 10 heteroatoms. The zero-order valence-electron chi connectivity index (χ0n) is 12.1. The normalized spacial score (nSPS) is 28.5. The number of nitrogens with two attached hydrogens (primary N) is 1. The molecule has 2 aromatic rings. The first-order valence-electron chi connectivity index (χ1n) is 6.71. The van der Waals surface area contributed by atoms with Crippen molar-refractivity contribution in [1.82, 2.24) is 14.5 Å². The predicted molar refractivity (Wildman–Crippen MR) is 73.7 cm³/mol. The third-order valence-electron chi connectivity index (χ3n) is 3.83. The summed E-state index contributed by atoms with van der Waals surface area (Å²) < 4.78 is 14.1. The van der Waals surface area contributed by atoms with E-state index in [0.29, 0.717) is 11.2 Å². The molecule has 1 fully saturated rings. The smallest absolute Gasteiger partial charge is 0.313 e. The molecular formula is C12H18N5O5+. The first kappa shape index (κ1) is 14.9. The summed E-state index contributed by atoms with van der Waals surface area (Å²) in [5.41, 5.74) is 5.84. The van der Waals surface area contributed by atoms with Crippen LogP contribution in [0.3, 0.4) is 0 Å². The van der Waals surface area contributed by atoms with Crippen molar-refractivity contribution < 1.29 is 24.3 Å². The van der Waals surface area contributed by atoms with Gasteiger partial charge in [-0.1, -0.05) is 4.98 Å². The fourth-order valence-corrected chi connectivity index (χ4v) is 2.80. The molecule has 3 heterocycles. The van der Waals surface area contributed by atoms with Crippen molar-refractivity contribution in [3.8, 4) is 0 Å². The number of methoxy groups -OCH3 is 1. The zero-order valence-corrected chi connectivity index (χ0v) is 12.1. The van der Waals surface area contributed by atoms with Gasteiger partial charge in [-0.05, 0) is 0 Å². The number of nitrogen functional groups attached to an aromatic ring is 1. The first-order valence-corrected chi connectivity index (χ1v) is 6.71. The van der Waals surface area contributed by atoms with Crippen molar-refractivity contribution in [2.45, 2.75) is 24.5 Å².